The van der Waals surface area contributed by atoms with Gasteiger partial charge in [0.25, 0.3) is 0 Å². The van der Waals surface area contributed by atoms with Gasteiger partial charge in [0, 0.05) is 0 Å². The molecule has 29 heavy (non-hydrogen) atoms. The molecule has 0 aliphatic heterocycles. The Morgan fingerprint density at radius 2 is 0.759 bits per heavy atom. The summed E-state index contributed by atoms with van der Waals surface area (Å²) in [6, 6.07) is 31.2. The Hall–Kier alpha value is -1.69. The Bertz CT molecular complexity index is 783. The van der Waals surface area contributed by atoms with Gasteiger partial charge in [0.2, 0.25) is 0 Å². The van der Waals surface area contributed by atoms with Gasteiger partial charge in [-0.05, 0) is 59.0 Å². The van der Waals surface area contributed by atoms with Crippen LogP contribution >= 0.6 is 6.04 Å². The van der Waals surface area contributed by atoms with Crippen LogP contribution in [0.15, 0.2) is 91.0 Å². The molecule has 0 aliphatic rings. The Balaban J connectivity index is 1.82. The van der Waals surface area contributed by atoms with Gasteiger partial charge >= 0.3 is 0 Å². The lowest BCUT2D eigenvalue weighted by Crippen LogP contribution is -2.13. The van der Waals surface area contributed by atoms with E-state index in [0.717, 1.165) is 18.5 Å². The van der Waals surface area contributed by atoms with Crippen LogP contribution in [0, 0.1) is 0 Å². The van der Waals surface area contributed by atoms with Crippen LogP contribution in [0.5, 0.6) is 0 Å². The first-order valence-corrected chi connectivity index (χ1v) is 14.0. The largest absolute Gasteiger partial charge is 0.0974 e. The number of hydrogen-bond acceptors (Lipinski definition) is 1. The van der Waals surface area contributed by atoms with Crippen molar-refractivity contribution in [2.75, 3.05) is 18.5 Å². The lowest BCUT2D eigenvalue weighted by Gasteiger charge is -2.31. The highest BCUT2D eigenvalue weighted by Crippen LogP contribution is 2.54. The molecule has 0 saturated carbocycles. The van der Waals surface area contributed by atoms with E-state index in [1.807, 2.05) is 0 Å². The van der Waals surface area contributed by atoms with Gasteiger partial charge in [0.15, 0.2) is 0 Å². The Labute approximate surface area is 182 Å². The average Bonchev–Trinajstić information content (AvgIpc) is 2.75. The van der Waals surface area contributed by atoms with Crippen molar-refractivity contribution in [1.82, 2.24) is 0 Å². The first kappa shape index (κ1) is 22.0. The van der Waals surface area contributed by atoms with Gasteiger partial charge < -0.3 is 0 Å². The van der Waals surface area contributed by atoms with Crippen molar-refractivity contribution in [2.24, 2.45) is 0 Å². The van der Waals surface area contributed by atoms with E-state index in [1.54, 1.807) is 0 Å². The second-order valence-electron chi connectivity index (χ2n) is 8.54. The molecule has 3 rings (SSSR count). The van der Waals surface area contributed by atoms with Gasteiger partial charge in [0.05, 0.1) is 0 Å². The summed E-state index contributed by atoms with van der Waals surface area (Å²) in [6.45, 7) is 7.07. The Morgan fingerprint density at radius 1 is 0.517 bits per heavy atom. The molecule has 0 aromatic heterocycles. The molecule has 3 aromatic rings. The van der Waals surface area contributed by atoms with Crippen molar-refractivity contribution in [3.63, 3.8) is 0 Å². The molecule has 0 spiro atoms. The average molecular weight is 421 g/mol. The van der Waals surface area contributed by atoms with E-state index in [1.165, 1.54) is 16.7 Å². The highest BCUT2D eigenvalue weighted by Gasteiger charge is 2.27. The number of benzene rings is 3. The zero-order chi connectivity index (χ0) is 20.7. The summed E-state index contributed by atoms with van der Waals surface area (Å²) >= 11 is 6.54. The van der Waals surface area contributed by atoms with Gasteiger partial charge in [-0.25, -0.2) is 0 Å². The maximum atomic E-state index is 6.54. The van der Waals surface area contributed by atoms with Gasteiger partial charge in [-0.1, -0.05) is 124 Å². The molecular formula is C27H33PS. The molecule has 152 valence electrons. The van der Waals surface area contributed by atoms with Crippen LogP contribution in [-0.2, 0) is 11.8 Å². The monoisotopic (exact) mass is 420 g/mol. The first-order valence-electron chi connectivity index (χ1n) is 10.7. The van der Waals surface area contributed by atoms with Crippen LogP contribution in [0.1, 0.15) is 55.2 Å². The van der Waals surface area contributed by atoms with Gasteiger partial charge in [-0.3, -0.25) is 0 Å². The van der Waals surface area contributed by atoms with E-state index >= 15 is 0 Å². The Morgan fingerprint density at radius 3 is 1.00 bits per heavy atom. The van der Waals surface area contributed by atoms with Crippen molar-refractivity contribution in [3.8, 4) is 0 Å². The third kappa shape index (κ3) is 6.39. The maximum absolute atomic E-state index is 6.54. The van der Waals surface area contributed by atoms with E-state index in [-0.39, 0.29) is 0 Å². The van der Waals surface area contributed by atoms with Crippen LogP contribution in [0.2, 0.25) is 0 Å². The number of hydrogen-bond donors (Lipinski definition) is 0. The summed E-state index contributed by atoms with van der Waals surface area (Å²) < 4.78 is 0. The van der Waals surface area contributed by atoms with Crippen LogP contribution in [0.4, 0.5) is 0 Å². The van der Waals surface area contributed by atoms with Crippen molar-refractivity contribution < 1.29 is 0 Å². The summed E-state index contributed by atoms with van der Waals surface area (Å²) in [5.41, 5.74) is 4.25. The third-order valence-electron chi connectivity index (χ3n) is 5.93. The van der Waals surface area contributed by atoms with Crippen molar-refractivity contribution >= 4 is 17.8 Å². The molecule has 3 atom stereocenters. The van der Waals surface area contributed by atoms with Gasteiger partial charge in [0.1, 0.15) is 0 Å². The minimum atomic E-state index is -1.55. The van der Waals surface area contributed by atoms with Gasteiger partial charge in [-0.15, -0.1) is 0 Å². The highest BCUT2D eigenvalue weighted by molar-refractivity contribution is 8.14. The molecule has 0 heterocycles. The fraction of sp³-hybridized carbons (Fsp3) is 0.333. The zero-order valence-electron chi connectivity index (χ0n) is 17.9. The van der Waals surface area contributed by atoms with Crippen molar-refractivity contribution in [2.45, 2.75) is 38.5 Å². The molecule has 0 aliphatic carbocycles. The van der Waals surface area contributed by atoms with Crippen LogP contribution in [-0.4, -0.2) is 18.5 Å². The molecule has 0 radical (unpaired) electrons. The van der Waals surface area contributed by atoms with E-state index in [2.05, 4.69) is 112 Å². The smallest absolute Gasteiger partial charge is 0.0144 e. The minimum Gasteiger partial charge on any atom is -0.0974 e. The SMILES string of the molecule is CC(CP(=S)(CC(C)c1ccccc1)CC(C)c1ccccc1)c1ccccc1. The fourth-order valence-corrected chi connectivity index (χ4v) is 10.5. The van der Waals surface area contributed by atoms with Crippen LogP contribution in [0.3, 0.4) is 0 Å². The molecule has 3 aromatic carbocycles. The molecular weight excluding hydrogens is 387 g/mol. The fourth-order valence-electron chi connectivity index (χ4n) is 4.38. The summed E-state index contributed by atoms with van der Waals surface area (Å²) in [5.74, 6) is 1.52. The van der Waals surface area contributed by atoms with Crippen LogP contribution < -0.4 is 0 Å². The van der Waals surface area contributed by atoms with E-state index < -0.39 is 6.04 Å². The molecule has 3 unspecified atom stereocenters. The highest BCUT2D eigenvalue weighted by atomic mass is 32.4. The second kappa shape index (κ2) is 10.4. The number of rotatable bonds is 9. The van der Waals surface area contributed by atoms with Crippen LogP contribution in [0.25, 0.3) is 0 Å². The summed E-state index contributed by atoms with van der Waals surface area (Å²) in [5, 5.41) is 0. The molecule has 0 N–H and O–H groups in total. The standard InChI is InChI=1S/C27H33PS/c1-22(25-13-7-4-8-14-25)19-28(29,20-23(2)26-15-9-5-10-16-26)21-24(3)27-17-11-6-12-18-27/h4-18,22-24H,19-21H2,1-3H3. The minimum absolute atomic E-state index is 0.507. The predicted octanol–water partition coefficient (Wildman–Crippen LogP) is 7.88. The molecule has 2 heteroatoms. The summed E-state index contributed by atoms with van der Waals surface area (Å²) in [6.07, 6.45) is 3.42. The van der Waals surface area contributed by atoms with E-state index in [4.69, 9.17) is 11.8 Å². The third-order valence-corrected chi connectivity index (χ3v) is 10.9. The first-order chi connectivity index (χ1) is 14.0. The quantitative estimate of drug-likeness (QED) is 0.317. The van der Waals surface area contributed by atoms with Crippen molar-refractivity contribution in [3.05, 3.63) is 108 Å². The summed E-state index contributed by atoms with van der Waals surface area (Å²) in [4.78, 5) is 0. The summed E-state index contributed by atoms with van der Waals surface area (Å²) in [7, 11) is 0. The molecule has 0 saturated heterocycles. The molecule has 0 nitrogen and oxygen atoms in total. The van der Waals surface area contributed by atoms with E-state index in [9.17, 15) is 0 Å². The van der Waals surface area contributed by atoms with Crippen molar-refractivity contribution in [1.29, 1.82) is 0 Å². The Kier molecular flexibility index (Phi) is 7.87. The maximum Gasteiger partial charge on any atom is -0.0144 e. The molecule has 0 amide bonds. The normalized spacial score (nSPS) is 16.5. The zero-order valence-corrected chi connectivity index (χ0v) is 19.6. The topological polar surface area (TPSA) is 0 Å². The second-order valence-corrected chi connectivity index (χ2v) is 14.1. The molecule has 0 bridgehead atoms. The van der Waals surface area contributed by atoms with E-state index in [0.29, 0.717) is 17.8 Å². The molecule has 0 fully saturated rings. The lowest BCUT2D eigenvalue weighted by atomic mass is 10.0. The predicted molar refractivity (Wildman–Crippen MR) is 133 cm³/mol. The lowest BCUT2D eigenvalue weighted by molar-refractivity contribution is 0.817. The van der Waals surface area contributed by atoms with Gasteiger partial charge in [-0.2, -0.15) is 0 Å².